The molecule has 68 heavy (non-hydrogen) atoms. The summed E-state index contributed by atoms with van der Waals surface area (Å²) in [7, 11) is 0. The van der Waals surface area contributed by atoms with Gasteiger partial charge in [-0.15, -0.1) is 0 Å². The lowest BCUT2D eigenvalue weighted by Crippen LogP contribution is -1.95. The van der Waals surface area contributed by atoms with Crippen molar-refractivity contribution in [3.63, 3.8) is 0 Å². The van der Waals surface area contributed by atoms with Gasteiger partial charge in [0.2, 0.25) is 0 Å². The molecule has 0 radical (unpaired) electrons. The second-order valence-electron chi connectivity index (χ2n) is 17.1. The fourth-order valence-electron chi connectivity index (χ4n) is 9.82. The number of para-hydroxylation sites is 2. The third-order valence-corrected chi connectivity index (χ3v) is 13.2. The van der Waals surface area contributed by atoms with Crippen molar-refractivity contribution in [2.24, 2.45) is 0 Å². The first kappa shape index (κ1) is 39.1. The van der Waals surface area contributed by atoms with E-state index < -0.39 is 0 Å². The molecule has 4 heterocycles. The van der Waals surface area contributed by atoms with Crippen molar-refractivity contribution < 1.29 is 0 Å². The fourth-order valence-corrected chi connectivity index (χ4v) is 9.82. The van der Waals surface area contributed by atoms with E-state index >= 15 is 0 Å². The predicted octanol–water partition coefficient (Wildman–Crippen LogP) is 15.5. The molecule has 0 unspecified atom stereocenters. The summed E-state index contributed by atoms with van der Waals surface area (Å²) in [4.78, 5) is 18.6. The number of rotatable bonds is 8. The maximum absolute atomic E-state index is 4.64. The van der Waals surface area contributed by atoms with Crippen LogP contribution in [0.25, 0.3) is 122 Å². The van der Waals surface area contributed by atoms with Crippen LogP contribution >= 0.6 is 0 Å². The van der Waals surface area contributed by atoms with Gasteiger partial charge in [-0.05, 0) is 81.9 Å². The summed E-state index contributed by atoms with van der Waals surface area (Å²) in [6.45, 7) is 0. The van der Waals surface area contributed by atoms with Crippen molar-refractivity contribution in [3.05, 3.63) is 243 Å². The molecule has 4 aromatic heterocycles. The van der Waals surface area contributed by atoms with E-state index in [0.29, 0.717) is 0 Å². The van der Waals surface area contributed by atoms with Crippen LogP contribution in [-0.2, 0) is 0 Å². The Morgan fingerprint density at radius 3 is 0.868 bits per heavy atom. The number of benzene rings is 9. The highest BCUT2D eigenvalue weighted by molar-refractivity contribution is 6.28. The molecule has 0 saturated heterocycles. The summed E-state index contributed by atoms with van der Waals surface area (Å²) in [6, 6.07) is 77.5. The maximum atomic E-state index is 4.64. The molecule has 6 heteroatoms. The minimum absolute atomic E-state index is 0.727. The Morgan fingerprint density at radius 2 is 0.515 bits per heavy atom. The third-order valence-electron chi connectivity index (χ3n) is 13.2. The van der Waals surface area contributed by atoms with Gasteiger partial charge in [0.25, 0.3) is 0 Å². The number of aromatic nitrogens is 6. The minimum atomic E-state index is 0.727. The molecule has 0 amide bonds. The van der Waals surface area contributed by atoms with Gasteiger partial charge in [-0.3, -0.25) is 0 Å². The molecule has 9 aromatic carbocycles. The first-order valence-electron chi connectivity index (χ1n) is 22.8. The highest BCUT2D eigenvalue weighted by Gasteiger charge is 2.20. The minimum Gasteiger partial charge on any atom is -0.309 e. The smallest absolute Gasteiger partial charge is 0.159 e. The number of hydrogen-bond acceptors (Lipinski definition) is 4. The summed E-state index contributed by atoms with van der Waals surface area (Å²) in [5.41, 5.74) is 17.7. The van der Waals surface area contributed by atoms with Gasteiger partial charge in [-0.25, -0.2) is 19.9 Å². The zero-order valence-electron chi connectivity index (χ0n) is 36.8. The van der Waals surface area contributed by atoms with Crippen LogP contribution in [0.15, 0.2) is 243 Å². The Labute approximate surface area is 392 Å². The summed E-state index contributed by atoms with van der Waals surface area (Å²) in [5, 5.41) is 4.97. The molecular weight excluding hydrogens is 829 g/mol. The SMILES string of the molecule is c1ccc(-c2ncc(-c3ccc(-c4ccc(-n5c6ccccc6c6c7c8ccccc8n(-c8ccc(-c9ccc(-c%10cnc(-c%11ccccc%11)nc%10)cc9)cc8)c7ccc65)cc4)cc3)cn2)cc1. The molecule has 0 atom stereocenters. The lowest BCUT2D eigenvalue weighted by molar-refractivity contribution is 1.17. The van der Waals surface area contributed by atoms with E-state index in [1.54, 1.807) is 0 Å². The van der Waals surface area contributed by atoms with Gasteiger partial charge in [0.1, 0.15) is 0 Å². The Bertz CT molecular complexity index is 3670. The Kier molecular flexibility index (Phi) is 9.39. The van der Waals surface area contributed by atoms with Gasteiger partial charge in [0.15, 0.2) is 11.6 Å². The summed E-state index contributed by atoms with van der Waals surface area (Å²) < 4.78 is 4.82. The second kappa shape index (κ2) is 16.3. The topological polar surface area (TPSA) is 61.4 Å². The van der Waals surface area contributed by atoms with Crippen LogP contribution < -0.4 is 0 Å². The molecule has 13 aromatic rings. The molecule has 318 valence electrons. The third kappa shape index (κ3) is 6.74. The van der Waals surface area contributed by atoms with E-state index in [-0.39, 0.29) is 0 Å². The van der Waals surface area contributed by atoms with E-state index in [1.807, 2.05) is 85.5 Å². The quantitative estimate of drug-likeness (QED) is 0.153. The molecule has 13 rings (SSSR count). The molecule has 0 fully saturated rings. The fraction of sp³-hybridized carbons (Fsp3) is 0. The van der Waals surface area contributed by atoms with Gasteiger partial charge in [0, 0.05) is 80.0 Å². The Hall–Kier alpha value is -9.26. The van der Waals surface area contributed by atoms with Gasteiger partial charge in [-0.2, -0.15) is 0 Å². The van der Waals surface area contributed by atoms with Crippen molar-refractivity contribution in [2.45, 2.75) is 0 Å². The van der Waals surface area contributed by atoms with Crippen molar-refractivity contribution in [1.29, 1.82) is 0 Å². The zero-order chi connectivity index (χ0) is 45.0. The highest BCUT2D eigenvalue weighted by atomic mass is 15.0. The lowest BCUT2D eigenvalue weighted by Gasteiger charge is -2.11. The van der Waals surface area contributed by atoms with Crippen LogP contribution in [-0.4, -0.2) is 29.1 Å². The Morgan fingerprint density at radius 1 is 0.221 bits per heavy atom. The summed E-state index contributed by atoms with van der Waals surface area (Å²) >= 11 is 0. The van der Waals surface area contributed by atoms with Crippen molar-refractivity contribution in [1.82, 2.24) is 29.1 Å². The van der Waals surface area contributed by atoms with E-state index in [9.17, 15) is 0 Å². The average molecular weight is 869 g/mol. The van der Waals surface area contributed by atoms with Gasteiger partial charge < -0.3 is 9.13 Å². The number of nitrogens with zero attached hydrogens (tertiary/aromatic N) is 6. The normalized spacial score (nSPS) is 11.5. The van der Waals surface area contributed by atoms with Crippen molar-refractivity contribution in [2.75, 3.05) is 0 Å². The first-order valence-corrected chi connectivity index (χ1v) is 22.8. The first-order chi connectivity index (χ1) is 33.7. The summed E-state index contributed by atoms with van der Waals surface area (Å²) in [6.07, 6.45) is 7.61. The number of fused-ring (bicyclic) bond motifs is 7. The van der Waals surface area contributed by atoms with Gasteiger partial charge in [0.05, 0.1) is 22.1 Å². The van der Waals surface area contributed by atoms with Crippen LogP contribution in [0.3, 0.4) is 0 Å². The van der Waals surface area contributed by atoms with Crippen LogP contribution in [0.2, 0.25) is 0 Å². The molecule has 0 saturated carbocycles. The highest BCUT2D eigenvalue weighted by Crippen LogP contribution is 2.43. The number of hydrogen-bond donors (Lipinski definition) is 0. The second-order valence-corrected chi connectivity index (χ2v) is 17.1. The van der Waals surface area contributed by atoms with Gasteiger partial charge >= 0.3 is 0 Å². The molecule has 0 aliphatic heterocycles. The molecule has 0 bridgehead atoms. The predicted molar refractivity (Wildman–Crippen MR) is 279 cm³/mol. The monoisotopic (exact) mass is 868 g/mol. The Balaban J connectivity index is 0.813. The molecule has 0 aliphatic rings. The molecule has 6 nitrogen and oxygen atoms in total. The van der Waals surface area contributed by atoms with Crippen molar-refractivity contribution >= 4 is 43.6 Å². The van der Waals surface area contributed by atoms with Crippen molar-refractivity contribution in [3.8, 4) is 78.7 Å². The maximum Gasteiger partial charge on any atom is 0.159 e. The van der Waals surface area contributed by atoms with Crippen LogP contribution in [0.4, 0.5) is 0 Å². The molecule has 0 N–H and O–H groups in total. The molecule has 0 spiro atoms. The van der Waals surface area contributed by atoms with E-state index in [2.05, 4.69) is 187 Å². The molecule has 0 aliphatic carbocycles. The van der Waals surface area contributed by atoms with Crippen LogP contribution in [0, 0.1) is 0 Å². The van der Waals surface area contributed by atoms with E-state index in [0.717, 1.165) is 78.7 Å². The molecular formula is C62H40N6. The zero-order valence-corrected chi connectivity index (χ0v) is 36.8. The largest absolute Gasteiger partial charge is 0.309 e. The average Bonchev–Trinajstić information content (AvgIpc) is 3.95. The van der Waals surface area contributed by atoms with Crippen LogP contribution in [0.1, 0.15) is 0 Å². The van der Waals surface area contributed by atoms with Crippen LogP contribution in [0.5, 0.6) is 0 Å². The van der Waals surface area contributed by atoms with E-state index in [1.165, 1.54) is 43.6 Å². The summed E-state index contributed by atoms with van der Waals surface area (Å²) in [5.74, 6) is 1.45. The lowest BCUT2D eigenvalue weighted by atomic mass is 10.0. The standard InChI is InChI=1S/C62H40N6/c1-3-11-47(12-4-1)61-63-37-49(38-64-61)45-23-19-41(20-24-45)43-27-31-51(32-28-43)67-55-17-9-7-15-53(55)59-57(67)35-36-58-60(59)54-16-8-10-18-56(54)68(58)52-33-29-44(30-34-52)42-21-25-46(26-22-42)50-39-65-62(66-40-50)48-13-5-2-6-14-48/h1-40H. The van der Waals surface area contributed by atoms with E-state index in [4.69, 9.17) is 0 Å². The van der Waals surface area contributed by atoms with Gasteiger partial charge in [-0.1, -0.05) is 170 Å².